The van der Waals surface area contributed by atoms with Gasteiger partial charge >= 0.3 is 6.18 Å². The highest BCUT2D eigenvalue weighted by atomic mass is 19.4. The van der Waals surface area contributed by atoms with E-state index < -0.39 is 11.7 Å². The molecule has 0 atom stereocenters. The Kier molecular flexibility index (Phi) is 5.82. The van der Waals surface area contributed by atoms with E-state index in [4.69, 9.17) is 9.47 Å². The molecule has 1 amide bonds. The fourth-order valence-electron chi connectivity index (χ4n) is 3.66. The van der Waals surface area contributed by atoms with Crippen molar-refractivity contribution >= 4 is 5.91 Å². The molecule has 0 bridgehead atoms. The lowest BCUT2D eigenvalue weighted by Gasteiger charge is -2.25. The maximum absolute atomic E-state index is 13.3. The monoisotopic (exact) mass is 445 g/mol. The molecule has 0 N–H and O–H groups in total. The van der Waals surface area contributed by atoms with E-state index >= 15 is 0 Å². The zero-order valence-corrected chi connectivity index (χ0v) is 17.6. The Hall–Kier alpha value is -3.49. The van der Waals surface area contributed by atoms with Crippen LogP contribution < -0.4 is 9.47 Å². The molecule has 0 unspecified atom stereocenters. The number of hydrogen-bond acceptors (Lipinski definition) is 4. The standard InChI is InChI=1S/C23H22F3N3O3/c1-3-28(14-16-6-4-9-20-21(16)32-11-10-31-20)22(30)19-13-27-29(15(19)2)18-8-5-7-17(12-18)23(24,25)26/h4-9,12-13H,3,10-11,14H2,1-2H3. The van der Waals surface area contributed by atoms with Crippen LogP contribution in [0, 0.1) is 6.92 Å². The Balaban J connectivity index is 1.61. The van der Waals surface area contributed by atoms with Crippen LogP contribution in [0.5, 0.6) is 11.5 Å². The Morgan fingerprint density at radius 1 is 1.16 bits per heavy atom. The summed E-state index contributed by atoms with van der Waals surface area (Å²) in [7, 11) is 0. The number of ether oxygens (including phenoxy) is 2. The zero-order valence-electron chi connectivity index (χ0n) is 17.6. The second-order valence-corrected chi connectivity index (χ2v) is 7.36. The number of nitrogens with zero attached hydrogens (tertiary/aromatic N) is 3. The molecule has 32 heavy (non-hydrogen) atoms. The summed E-state index contributed by atoms with van der Waals surface area (Å²) in [5.74, 6) is 1.00. The second-order valence-electron chi connectivity index (χ2n) is 7.36. The largest absolute Gasteiger partial charge is 0.486 e. The molecule has 6 nitrogen and oxygen atoms in total. The van der Waals surface area contributed by atoms with Crippen LogP contribution >= 0.6 is 0 Å². The van der Waals surface area contributed by atoms with Crippen molar-refractivity contribution in [3.05, 3.63) is 71.0 Å². The molecule has 1 aromatic heterocycles. The number of aromatic nitrogens is 2. The van der Waals surface area contributed by atoms with Gasteiger partial charge in [0, 0.05) is 18.7 Å². The quantitative estimate of drug-likeness (QED) is 0.575. The fourth-order valence-corrected chi connectivity index (χ4v) is 3.66. The first kappa shape index (κ1) is 21.7. The van der Waals surface area contributed by atoms with E-state index in [0.717, 1.165) is 17.7 Å². The van der Waals surface area contributed by atoms with Gasteiger partial charge in [-0.1, -0.05) is 18.2 Å². The number of hydrogen-bond donors (Lipinski definition) is 0. The first-order valence-electron chi connectivity index (χ1n) is 10.2. The van der Waals surface area contributed by atoms with Crippen molar-refractivity contribution in [1.82, 2.24) is 14.7 Å². The van der Waals surface area contributed by atoms with Gasteiger partial charge in [-0.3, -0.25) is 4.79 Å². The van der Waals surface area contributed by atoms with Crippen LogP contribution in [-0.2, 0) is 12.7 Å². The summed E-state index contributed by atoms with van der Waals surface area (Å²) < 4.78 is 52.0. The summed E-state index contributed by atoms with van der Waals surface area (Å²) in [5, 5.41) is 4.18. The van der Waals surface area contributed by atoms with Crippen LogP contribution in [0.15, 0.2) is 48.7 Å². The number of benzene rings is 2. The minimum absolute atomic E-state index is 0.238. The molecule has 168 valence electrons. The number of para-hydroxylation sites is 1. The summed E-state index contributed by atoms with van der Waals surface area (Å²) in [6, 6.07) is 10.4. The van der Waals surface area contributed by atoms with Crippen LogP contribution in [0.4, 0.5) is 13.2 Å². The molecule has 0 fully saturated rings. The lowest BCUT2D eigenvalue weighted by Crippen LogP contribution is -2.31. The molecular formula is C23H22F3N3O3. The van der Waals surface area contributed by atoms with E-state index in [9.17, 15) is 18.0 Å². The van der Waals surface area contributed by atoms with Gasteiger partial charge in [0.2, 0.25) is 0 Å². The van der Waals surface area contributed by atoms with Gasteiger partial charge in [0.05, 0.1) is 28.7 Å². The van der Waals surface area contributed by atoms with Crippen molar-refractivity contribution in [3.8, 4) is 17.2 Å². The molecule has 2 heterocycles. The van der Waals surface area contributed by atoms with Crippen molar-refractivity contribution in [1.29, 1.82) is 0 Å². The molecule has 1 aliphatic rings. The molecule has 9 heteroatoms. The lowest BCUT2D eigenvalue weighted by molar-refractivity contribution is -0.137. The smallest absolute Gasteiger partial charge is 0.416 e. The van der Waals surface area contributed by atoms with E-state index in [1.807, 2.05) is 25.1 Å². The number of halogens is 3. The highest BCUT2D eigenvalue weighted by Gasteiger charge is 2.31. The molecule has 4 rings (SSSR count). The Bertz CT molecular complexity index is 1140. The van der Waals surface area contributed by atoms with Gasteiger partial charge in [-0.15, -0.1) is 0 Å². The van der Waals surface area contributed by atoms with E-state index in [0.29, 0.717) is 49.1 Å². The topological polar surface area (TPSA) is 56.6 Å². The van der Waals surface area contributed by atoms with Crippen LogP contribution in [0.2, 0.25) is 0 Å². The van der Waals surface area contributed by atoms with Crippen LogP contribution in [0.3, 0.4) is 0 Å². The summed E-state index contributed by atoms with van der Waals surface area (Å²) in [4.78, 5) is 14.9. The first-order valence-corrected chi connectivity index (χ1v) is 10.2. The van der Waals surface area contributed by atoms with Gasteiger partial charge in [-0.05, 0) is 38.1 Å². The third-order valence-corrected chi connectivity index (χ3v) is 5.34. The highest BCUT2D eigenvalue weighted by molar-refractivity contribution is 5.95. The minimum atomic E-state index is -4.46. The minimum Gasteiger partial charge on any atom is -0.486 e. The first-order chi connectivity index (χ1) is 15.3. The maximum atomic E-state index is 13.3. The molecule has 0 spiro atoms. The van der Waals surface area contributed by atoms with Crippen molar-refractivity contribution in [2.75, 3.05) is 19.8 Å². The van der Waals surface area contributed by atoms with Gasteiger partial charge in [-0.2, -0.15) is 18.3 Å². The van der Waals surface area contributed by atoms with E-state index in [1.165, 1.54) is 23.0 Å². The van der Waals surface area contributed by atoms with Gasteiger partial charge < -0.3 is 14.4 Å². The summed E-state index contributed by atoms with van der Waals surface area (Å²) >= 11 is 0. The molecule has 0 saturated carbocycles. The maximum Gasteiger partial charge on any atom is 0.416 e. The van der Waals surface area contributed by atoms with Crippen molar-refractivity contribution < 1.29 is 27.4 Å². The van der Waals surface area contributed by atoms with Crippen LogP contribution in [0.25, 0.3) is 5.69 Å². The van der Waals surface area contributed by atoms with Crippen molar-refractivity contribution in [2.24, 2.45) is 0 Å². The normalized spacial score (nSPS) is 13.2. The molecular weight excluding hydrogens is 423 g/mol. The number of carbonyl (C=O) groups excluding carboxylic acids is 1. The van der Waals surface area contributed by atoms with Crippen LogP contribution in [-0.4, -0.2) is 40.3 Å². The number of amides is 1. The molecule has 2 aromatic carbocycles. The molecule has 0 aliphatic carbocycles. The summed E-state index contributed by atoms with van der Waals surface area (Å²) in [5.41, 5.74) is 1.07. The average molecular weight is 445 g/mol. The number of alkyl halides is 3. The van der Waals surface area contributed by atoms with Crippen molar-refractivity contribution in [3.63, 3.8) is 0 Å². The average Bonchev–Trinajstić information content (AvgIpc) is 3.18. The van der Waals surface area contributed by atoms with E-state index in [2.05, 4.69) is 5.10 Å². The van der Waals surface area contributed by atoms with E-state index in [-0.39, 0.29) is 11.6 Å². The molecule has 1 aliphatic heterocycles. The predicted octanol–water partition coefficient (Wildman–Crippen LogP) is 4.63. The SMILES string of the molecule is CCN(Cc1cccc2c1OCCO2)C(=O)c1cnn(-c2cccc(C(F)(F)F)c2)c1C. The Morgan fingerprint density at radius 3 is 2.66 bits per heavy atom. The summed E-state index contributed by atoms with van der Waals surface area (Å²) in [6.45, 7) is 5.16. The second kappa shape index (κ2) is 8.57. The number of carbonyl (C=O) groups is 1. The third kappa shape index (κ3) is 4.15. The highest BCUT2D eigenvalue weighted by Crippen LogP contribution is 2.35. The number of fused-ring (bicyclic) bond motifs is 1. The lowest BCUT2D eigenvalue weighted by atomic mass is 10.1. The van der Waals surface area contributed by atoms with Gasteiger partial charge in [0.1, 0.15) is 13.2 Å². The van der Waals surface area contributed by atoms with E-state index in [1.54, 1.807) is 11.8 Å². The molecule has 3 aromatic rings. The van der Waals surface area contributed by atoms with Gasteiger partial charge in [0.15, 0.2) is 11.5 Å². The molecule has 0 saturated heterocycles. The predicted molar refractivity (Wildman–Crippen MR) is 111 cm³/mol. The Morgan fingerprint density at radius 2 is 1.91 bits per heavy atom. The zero-order chi connectivity index (χ0) is 22.9. The van der Waals surface area contributed by atoms with Gasteiger partial charge in [-0.25, -0.2) is 4.68 Å². The van der Waals surface area contributed by atoms with Crippen LogP contribution in [0.1, 0.15) is 34.1 Å². The number of rotatable bonds is 5. The van der Waals surface area contributed by atoms with Crippen molar-refractivity contribution in [2.45, 2.75) is 26.6 Å². The Labute approximate surface area is 183 Å². The van der Waals surface area contributed by atoms with Gasteiger partial charge in [0.25, 0.3) is 5.91 Å². The molecule has 0 radical (unpaired) electrons. The fraction of sp³-hybridized carbons (Fsp3) is 0.304. The third-order valence-electron chi connectivity index (χ3n) is 5.34. The summed E-state index contributed by atoms with van der Waals surface area (Å²) in [6.07, 6.45) is -3.07.